The summed E-state index contributed by atoms with van der Waals surface area (Å²) in [5.74, 6) is -0.599. The van der Waals surface area contributed by atoms with E-state index in [1.165, 1.54) is 28.8 Å². The van der Waals surface area contributed by atoms with Crippen molar-refractivity contribution in [3.8, 4) is 0 Å². The number of rotatable bonds is 4. The summed E-state index contributed by atoms with van der Waals surface area (Å²) in [6.07, 6.45) is 1.75. The van der Waals surface area contributed by atoms with Gasteiger partial charge in [-0.15, -0.1) is 11.8 Å². The number of carbonyl (C=O) groups is 2. The number of carboxylic acid groups (broad SMARTS) is 1. The zero-order valence-electron chi connectivity index (χ0n) is 17.4. The molecule has 2 fully saturated rings. The van der Waals surface area contributed by atoms with E-state index in [9.17, 15) is 23.1 Å². The Morgan fingerprint density at radius 2 is 1.87 bits per heavy atom. The summed E-state index contributed by atoms with van der Waals surface area (Å²) >= 11 is 1.51. The Kier molecular flexibility index (Phi) is 6.09. The van der Waals surface area contributed by atoms with E-state index in [1.54, 1.807) is 18.3 Å². The Hall–Kier alpha value is -2.57. The number of β-lactam (4-membered cyclic amide) rings is 1. The van der Waals surface area contributed by atoms with Crippen molar-refractivity contribution < 1.29 is 27.7 Å². The highest BCUT2D eigenvalue weighted by molar-refractivity contribution is 8.01. The summed E-state index contributed by atoms with van der Waals surface area (Å²) in [5, 5.41) is 12.2. The second kappa shape index (κ2) is 8.17. The van der Waals surface area contributed by atoms with Crippen LogP contribution in [0.3, 0.4) is 0 Å². The minimum Gasteiger partial charge on any atom is -0.480 e. The Balaban J connectivity index is 0.000000210. The Morgan fingerprint density at radius 1 is 1.26 bits per heavy atom. The van der Waals surface area contributed by atoms with E-state index in [2.05, 4.69) is 15.3 Å². The van der Waals surface area contributed by atoms with Gasteiger partial charge in [0.25, 0.3) is 10.1 Å². The minimum absolute atomic E-state index is 0.0666. The van der Waals surface area contributed by atoms with Gasteiger partial charge in [0, 0.05) is 10.9 Å². The van der Waals surface area contributed by atoms with E-state index in [4.69, 9.17) is 4.55 Å². The number of imidazole rings is 1. The van der Waals surface area contributed by atoms with Crippen LogP contribution in [0.15, 0.2) is 35.4 Å². The number of anilines is 1. The van der Waals surface area contributed by atoms with Gasteiger partial charge in [-0.1, -0.05) is 17.7 Å². The molecule has 31 heavy (non-hydrogen) atoms. The van der Waals surface area contributed by atoms with Crippen LogP contribution in [0.1, 0.15) is 25.1 Å². The molecule has 12 heteroatoms. The molecule has 2 aliphatic rings. The molecule has 0 aliphatic carbocycles. The number of benzene rings is 1. The van der Waals surface area contributed by atoms with Gasteiger partial charge in [0.1, 0.15) is 17.5 Å². The summed E-state index contributed by atoms with van der Waals surface area (Å²) in [7, 11) is -4.02. The molecule has 2 aromatic rings. The summed E-state index contributed by atoms with van der Waals surface area (Å²) in [4.78, 5) is 32.1. The number of aryl methyl sites for hydroxylation is 2. The van der Waals surface area contributed by atoms with Crippen molar-refractivity contribution in [2.75, 3.05) is 5.32 Å². The predicted octanol–water partition coefficient (Wildman–Crippen LogP) is 1.89. The van der Waals surface area contributed by atoms with Gasteiger partial charge in [-0.2, -0.15) is 8.42 Å². The summed E-state index contributed by atoms with van der Waals surface area (Å²) in [6, 6.07) is 4.79. The SMILES string of the molecule is Cc1c[nH]c(NC2C(=O)N3C(C(=O)O)C(C)(C)S[C@H]23)n1.Cc1ccc(S(=O)(=O)O)cc1. The zero-order chi connectivity index (χ0) is 23.1. The molecule has 1 aromatic heterocycles. The number of thioether (sulfide) groups is 1. The molecule has 0 saturated carbocycles. The molecular weight excluding hydrogens is 444 g/mol. The molecule has 0 bridgehead atoms. The fraction of sp³-hybridized carbons (Fsp3) is 0.421. The molecular formula is C19H24N4O6S2. The van der Waals surface area contributed by atoms with Crippen LogP contribution < -0.4 is 5.32 Å². The van der Waals surface area contributed by atoms with Crippen molar-refractivity contribution in [1.82, 2.24) is 14.9 Å². The first-order chi connectivity index (χ1) is 14.3. The highest BCUT2D eigenvalue weighted by Gasteiger charge is 2.64. The van der Waals surface area contributed by atoms with Crippen molar-refractivity contribution in [3.05, 3.63) is 41.7 Å². The van der Waals surface area contributed by atoms with Gasteiger partial charge in [0.15, 0.2) is 0 Å². The maximum atomic E-state index is 12.2. The fourth-order valence-electron chi connectivity index (χ4n) is 3.49. The maximum Gasteiger partial charge on any atom is 0.327 e. The molecule has 168 valence electrons. The minimum atomic E-state index is -4.02. The molecule has 4 rings (SSSR count). The molecule has 10 nitrogen and oxygen atoms in total. The van der Waals surface area contributed by atoms with Crippen molar-refractivity contribution in [1.29, 1.82) is 0 Å². The second-order valence-electron chi connectivity index (χ2n) is 7.90. The molecule has 2 unspecified atom stereocenters. The summed E-state index contributed by atoms with van der Waals surface area (Å²) < 4.78 is 29.1. The molecule has 3 atom stereocenters. The maximum absolute atomic E-state index is 12.2. The lowest BCUT2D eigenvalue weighted by Crippen LogP contribution is -2.68. The number of fused-ring (bicyclic) bond motifs is 1. The lowest BCUT2D eigenvalue weighted by atomic mass is 9.96. The molecule has 2 saturated heterocycles. The third-order valence-electron chi connectivity index (χ3n) is 4.99. The fourth-order valence-corrected chi connectivity index (χ4v) is 5.60. The van der Waals surface area contributed by atoms with Gasteiger partial charge in [-0.3, -0.25) is 9.35 Å². The second-order valence-corrected chi connectivity index (χ2v) is 11.1. The highest BCUT2D eigenvalue weighted by Crippen LogP contribution is 2.51. The monoisotopic (exact) mass is 468 g/mol. The van der Waals surface area contributed by atoms with Crippen molar-refractivity contribution >= 4 is 39.7 Å². The van der Waals surface area contributed by atoms with Crippen LogP contribution in [0.25, 0.3) is 0 Å². The smallest absolute Gasteiger partial charge is 0.327 e. The van der Waals surface area contributed by atoms with E-state index in [0.29, 0.717) is 5.95 Å². The van der Waals surface area contributed by atoms with E-state index in [0.717, 1.165) is 11.3 Å². The van der Waals surface area contributed by atoms with Gasteiger partial charge < -0.3 is 20.3 Å². The normalized spacial score (nSPS) is 24.0. The average Bonchev–Trinajstić information content (AvgIpc) is 3.18. The van der Waals surface area contributed by atoms with E-state index < -0.39 is 32.9 Å². The number of hydrogen-bond acceptors (Lipinski definition) is 7. The Morgan fingerprint density at radius 3 is 2.35 bits per heavy atom. The standard InChI is InChI=1S/C12H16N4O3S.C7H8O3S/c1-5-4-13-11(14-5)15-6-8(17)16-7(10(18)19)12(2,3)20-9(6)16;1-6-2-4-7(5-3-6)11(8,9)10/h4,6-7,9H,1-3H3,(H,18,19)(H2,13,14,15);2-5H,1H3,(H,8,9,10)/t6?,7?,9-;/m1./s1. The first-order valence-corrected chi connectivity index (χ1v) is 11.7. The number of aromatic amines is 1. The number of carbonyl (C=O) groups excluding carboxylic acids is 1. The Bertz CT molecular complexity index is 1100. The molecule has 2 aliphatic heterocycles. The van der Waals surface area contributed by atoms with E-state index in [1.807, 2.05) is 27.7 Å². The number of H-pyrrole nitrogens is 1. The molecule has 4 N–H and O–H groups in total. The zero-order valence-corrected chi connectivity index (χ0v) is 19.0. The summed E-state index contributed by atoms with van der Waals surface area (Å²) in [5.41, 5.74) is 1.79. The Labute approximate surface area is 184 Å². The van der Waals surface area contributed by atoms with Crippen LogP contribution in [-0.4, -0.2) is 67.0 Å². The van der Waals surface area contributed by atoms with Crippen LogP contribution in [0.5, 0.6) is 0 Å². The van der Waals surface area contributed by atoms with Gasteiger partial charge in [0.05, 0.1) is 10.6 Å². The van der Waals surface area contributed by atoms with Crippen molar-refractivity contribution in [2.45, 2.75) is 54.8 Å². The van der Waals surface area contributed by atoms with Gasteiger partial charge in [-0.05, 0) is 39.8 Å². The molecule has 1 amide bonds. The van der Waals surface area contributed by atoms with E-state index in [-0.39, 0.29) is 16.2 Å². The van der Waals surface area contributed by atoms with Crippen LogP contribution in [0.2, 0.25) is 0 Å². The van der Waals surface area contributed by atoms with Gasteiger partial charge in [-0.25, -0.2) is 9.78 Å². The van der Waals surface area contributed by atoms with Crippen molar-refractivity contribution in [3.63, 3.8) is 0 Å². The number of aliphatic carboxylic acids is 1. The first-order valence-electron chi connectivity index (χ1n) is 9.37. The average molecular weight is 469 g/mol. The molecule has 3 heterocycles. The quantitative estimate of drug-likeness (QED) is 0.389. The summed E-state index contributed by atoms with van der Waals surface area (Å²) in [6.45, 7) is 7.41. The number of carboxylic acids is 1. The van der Waals surface area contributed by atoms with Gasteiger partial charge >= 0.3 is 5.97 Å². The highest BCUT2D eigenvalue weighted by atomic mass is 32.2. The number of amides is 1. The largest absolute Gasteiger partial charge is 0.480 e. The van der Waals surface area contributed by atoms with Gasteiger partial charge in [0.2, 0.25) is 11.9 Å². The van der Waals surface area contributed by atoms with Crippen molar-refractivity contribution in [2.24, 2.45) is 0 Å². The first kappa shape index (κ1) is 23.1. The third kappa shape index (κ3) is 4.70. The molecule has 1 aromatic carbocycles. The topological polar surface area (TPSA) is 153 Å². The number of hydrogen-bond donors (Lipinski definition) is 4. The van der Waals surface area contributed by atoms with E-state index >= 15 is 0 Å². The lowest BCUT2D eigenvalue weighted by Gasteiger charge is -2.43. The van der Waals surface area contributed by atoms with Crippen LogP contribution in [-0.2, 0) is 19.7 Å². The molecule has 0 radical (unpaired) electrons. The predicted molar refractivity (Wildman–Crippen MR) is 115 cm³/mol. The van der Waals surface area contributed by atoms with Crippen LogP contribution in [0, 0.1) is 13.8 Å². The third-order valence-corrected chi connectivity index (χ3v) is 7.43. The number of nitrogens with one attached hydrogen (secondary N) is 2. The number of aromatic nitrogens is 2. The van der Waals surface area contributed by atoms with Crippen LogP contribution in [0.4, 0.5) is 5.95 Å². The number of nitrogens with zero attached hydrogens (tertiary/aromatic N) is 2. The lowest BCUT2D eigenvalue weighted by molar-refractivity contribution is -0.158. The molecule has 0 spiro atoms. The van der Waals surface area contributed by atoms with Crippen LogP contribution >= 0.6 is 11.8 Å².